The molecule has 5 rings (SSSR count). The van der Waals surface area contributed by atoms with Crippen molar-refractivity contribution in [2.45, 2.75) is 45.3 Å². The fraction of sp³-hybridized carbons (Fsp3) is 0.471. The minimum atomic E-state index is 0.671. The number of hydrogen-bond donors (Lipinski definition) is 0. The standard InChI is InChI=1S/C17H20N6/c1-12-3-2-4-15-18-14(10-23(12)15)9-21-7-8-22-16(11-21)19-20-17(22)13-5-6-13/h2-4,10,13H,5-9,11H2,1H3. The Kier molecular flexibility index (Phi) is 2.82. The summed E-state index contributed by atoms with van der Waals surface area (Å²) in [6, 6.07) is 6.23. The van der Waals surface area contributed by atoms with Crippen molar-refractivity contribution in [2.24, 2.45) is 0 Å². The SMILES string of the molecule is Cc1cccc2nc(CN3CCn4c(nnc4C4CC4)C3)cn12. The number of pyridine rings is 1. The van der Waals surface area contributed by atoms with E-state index >= 15 is 0 Å². The summed E-state index contributed by atoms with van der Waals surface area (Å²) in [5.74, 6) is 2.99. The third kappa shape index (κ3) is 2.25. The normalized spacial score (nSPS) is 18.5. The monoisotopic (exact) mass is 308 g/mol. The molecule has 118 valence electrons. The average molecular weight is 308 g/mol. The molecule has 0 atom stereocenters. The Morgan fingerprint density at radius 2 is 2.09 bits per heavy atom. The van der Waals surface area contributed by atoms with Crippen molar-refractivity contribution in [3.05, 3.63) is 47.4 Å². The molecule has 1 fully saturated rings. The maximum Gasteiger partial charge on any atom is 0.147 e. The molecule has 23 heavy (non-hydrogen) atoms. The Morgan fingerprint density at radius 3 is 2.91 bits per heavy atom. The number of rotatable bonds is 3. The number of nitrogens with zero attached hydrogens (tertiary/aromatic N) is 6. The highest BCUT2D eigenvalue weighted by molar-refractivity contribution is 5.41. The first-order valence-electron chi connectivity index (χ1n) is 8.36. The molecule has 0 spiro atoms. The van der Waals surface area contributed by atoms with Gasteiger partial charge in [0.2, 0.25) is 0 Å². The number of fused-ring (bicyclic) bond motifs is 2. The third-order valence-corrected chi connectivity index (χ3v) is 4.93. The minimum absolute atomic E-state index is 0.671. The van der Waals surface area contributed by atoms with Crippen molar-refractivity contribution in [3.8, 4) is 0 Å². The largest absolute Gasteiger partial charge is 0.312 e. The van der Waals surface area contributed by atoms with E-state index in [-0.39, 0.29) is 0 Å². The van der Waals surface area contributed by atoms with Crippen molar-refractivity contribution >= 4 is 5.65 Å². The fourth-order valence-electron chi connectivity index (χ4n) is 3.51. The second kappa shape index (κ2) is 4.89. The van der Waals surface area contributed by atoms with E-state index in [1.165, 1.54) is 24.4 Å². The van der Waals surface area contributed by atoms with Gasteiger partial charge >= 0.3 is 0 Å². The van der Waals surface area contributed by atoms with Crippen LogP contribution in [-0.2, 0) is 19.6 Å². The predicted octanol–water partition coefficient (Wildman–Crippen LogP) is 2.13. The molecule has 0 radical (unpaired) electrons. The van der Waals surface area contributed by atoms with Crippen LogP contribution in [0.25, 0.3) is 5.65 Å². The van der Waals surface area contributed by atoms with Crippen molar-refractivity contribution < 1.29 is 0 Å². The van der Waals surface area contributed by atoms with Gasteiger partial charge < -0.3 is 8.97 Å². The van der Waals surface area contributed by atoms with E-state index in [1.807, 2.05) is 0 Å². The van der Waals surface area contributed by atoms with Gasteiger partial charge in [0.05, 0.1) is 12.2 Å². The van der Waals surface area contributed by atoms with Crippen molar-refractivity contribution in [3.63, 3.8) is 0 Å². The van der Waals surface area contributed by atoms with Crippen LogP contribution in [-0.4, -0.2) is 35.6 Å². The number of imidazole rings is 1. The van der Waals surface area contributed by atoms with E-state index in [1.54, 1.807) is 0 Å². The maximum absolute atomic E-state index is 4.75. The summed E-state index contributed by atoms with van der Waals surface area (Å²) in [5, 5.41) is 8.83. The van der Waals surface area contributed by atoms with Gasteiger partial charge in [0.1, 0.15) is 17.3 Å². The molecule has 0 N–H and O–H groups in total. The highest BCUT2D eigenvalue weighted by atomic mass is 15.3. The van der Waals surface area contributed by atoms with Gasteiger partial charge in [-0.15, -0.1) is 10.2 Å². The van der Waals surface area contributed by atoms with Crippen LogP contribution in [0.2, 0.25) is 0 Å². The van der Waals surface area contributed by atoms with Crippen LogP contribution < -0.4 is 0 Å². The number of hydrogen-bond acceptors (Lipinski definition) is 4. The zero-order valence-corrected chi connectivity index (χ0v) is 13.3. The lowest BCUT2D eigenvalue weighted by molar-refractivity contribution is 0.205. The molecule has 1 saturated carbocycles. The zero-order chi connectivity index (χ0) is 15.4. The molecule has 4 heterocycles. The van der Waals surface area contributed by atoms with Gasteiger partial charge in [-0.2, -0.15) is 0 Å². The van der Waals surface area contributed by atoms with Crippen LogP contribution in [0.1, 0.15) is 41.8 Å². The third-order valence-electron chi connectivity index (χ3n) is 4.93. The van der Waals surface area contributed by atoms with Crippen LogP contribution >= 0.6 is 0 Å². The lowest BCUT2D eigenvalue weighted by Crippen LogP contribution is -2.34. The second-order valence-electron chi connectivity index (χ2n) is 6.74. The molecule has 3 aromatic heterocycles. The van der Waals surface area contributed by atoms with E-state index in [0.717, 1.165) is 43.3 Å². The topological polar surface area (TPSA) is 51.2 Å². The van der Waals surface area contributed by atoms with Crippen LogP contribution in [0.15, 0.2) is 24.4 Å². The Balaban J connectivity index is 1.37. The average Bonchev–Trinajstić information content (AvgIpc) is 3.16. The van der Waals surface area contributed by atoms with Gasteiger partial charge in [-0.05, 0) is 31.9 Å². The Labute approximate surface area is 134 Å². The summed E-state index contributed by atoms with van der Waals surface area (Å²) in [7, 11) is 0. The highest BCUT2D eigenvalue weighted by Gasteiger charge is 2.32. The van der Waals surface area contributed by atoms with Crippen LogP contribution in [0, 0.1) is 6.92 Å². The molecule has 6 nitrogen and oxygen atoms in total. The van der Waals surface area contributed by atoms with Gasteiger partial charge in [-0.25, -0.2) is 4.98 Å². The van der Waals surface area contributed by atoms with Crippen molar-refractivity contribution in [1.82, 2.24) is 29.0 Å². The summed E-state index contributed by atoms with van der Waals surface area (Å²) in [4.78, 5) is 7.16. The van der Waals surface area contributed by atoms with E-state index in [0.29, 0.717) is 5.92 Å². The first-order chi connectivity index (χ1) is 11.3. The summed E-state index contributed by atoms with van der Waals surface area (Å²) in [6.45, 7) is 5.89. The van der Waals surface area contributed by atoms with Gasteiger partial charge in [-0.1, -0.05) is 6.07 Å². The molecule has 0 amide bonds. The Morgan fingerprint density at radius 1 is 1.17 bits per heavy atom. The van der Waals surface area contributed by atoms with E-state index < -0.39 is 0 Å². The number of aryl methyl sites for hydroxylation is 1. The summed E-state index contributed by atoms with van der Waals surface area (Å²) in [6.07, 6.45) is 4.71. The smallest absolute Gasteiger partial charge is 0.147 e. The van der Waals surface area contributed by atoms with Crippen molar-refractivity contribution in [2.75, 3.05) is 6.54 Å². The summed E-state index contributed by atoms with van der Waals surface area (Å²) in [5.41, 5.74) is 3.36. The Hall–Kier alpha value is -2.21. The van der Waals surface area contributed by atoms with Gasteiger partial charge in [0.25, 0.3) is 0 Å². The molecular weight excluding hydrogens is 288 g/mol. The molecule has 3 aromatic rings. The summed E-state index contributed by atoms with van der Waals surface area (Å²) < 4.78 is 4.50. The van der Waals surface area contributed by atoms with Gasteiger partial charge in [0.15, 0.2) is 0 Å². The van der Waals surface area contributed by atoms with E-state index in [9.17, 15) is 0 Å². The second-order valence-corrected chi connectivity index (χ2v) is 6.74. The first kappa shape index (κ1) is 13.2. The Bertz CT molecular complexity index is 872. The van der Waals surface area contributed by atoms with Crippen LogP contribution in [0.5, 0.6) is 0 Å². The molecule has 1 aliphatic heterocycles. The molecule has 1 aliphatic carbocycles. The van der Waals surface area contributed by atoms with Gasteiger partial charge in [-0.3, -0.25) is 4.90 Å². The predicted molar refractivity (Wildman–Crippen MR) is 86.0 cm³/mol. The molecule has 0 bridgehead atoms. The number of aromatic nitrogens is 5. The molecule has 6 heteroatoms. The zero-order valence-electron chi connectivity index (χ0n) is 13.3. The van der Waals surface area contributed by atoms with Crippen LogP contribution in [0.3, 0.4) is 0 Å². The maximum atomic E-state index is 4.75. The van der Waals surface area contributed by atoms with Crippen molar-refractivity contribution in [1.29, 1.82) is 0 Å². The molecule has 0 saturated heterocycles. The quantitative estimate of drug-likeness (QED) is 0.744. The first-order valence-corrected chi connectivity index (χ1v) is 8.36. The lowest BCUT2D eigenvalue weighted by Gasteiger charge is -2.27. The lowest BCUT2D eigenvalue weighted by atomic mass is 10.3. The molecular formula is C17H20N6. The van der Waals surface area contributed by atoms with Crippen LogP contribution in [0.4, 0.5) is 0 Å². The molecule has 0 aromatic carbocycles. The summed E-state index contributed by atoms with van der Waals surface area (Å²) >= 11 is 0. The van der Waals surface area contributed by atoms with Gasteiger partial charge in [0, 0.05) is 37.4 Å². The van der Waals surface area contributed by atoms with E-state index in [2.05, 4.69) is 55.4 Å². The van der Waals surface area contributed by atoms with E-state index in [4.69, 9.17) is 4.98 Å². The molecule has 2 aliphatic rings. The fourth-order valence-corrected chi connectivity index (χ4v) is 3.51. The molecule has 0 unspecified atom stereocenters. The highest BCUT2D eigenvalue weighted by Crippen LogP contribution is 2.39. The minimum Gasteiger partial charge on any atom is -0.312 e.